The lowest BCUT2D eigenvalue weighted by atomic mass is 9.99. The number of hydrogen-bond acceptors (Lipinski definition) is 1. The van der Waals surface area contributed by atoms with Crippen molar-refractivity contribution in [2.75, 3.05) is 6.54 Å². The van der Waals surface area contributed by atoms with Gasteiger partial charge in [-0.2, -0.15) is 0 Å². The lowest BCUT2D eigenvalue weighted by Gasteiger charge is -2.18. The van der Waals surface area contributed by atoms with Crippen LogP contribution < -0.4 is 5.32 Å². The highest BCUT2D eigenvalue weighted by Crippen LogP contribution is 2.18. The van der Waals surface area contributed by atoms with Gasteiger partial charge in [0.15, 0.2) is 0 Å². The predicted octanol–water partition coefficient (Wildman–Crippen LogP) is 4.63. The molecule has 0 fully saturated rings. The fourth-order valence-corrected chi connectivity index (χ4v) is 2.70. The standard InChI is InChI=1S/C18H21ClFN/c1-2-21-16(10-8-14-6-4-3-5-7-14)12-15-9-11-18(20)17(19)13-15/h3-7,9,11,13,16,21H,2,8,10,12H2,1H3. The Labute approximate surface area is 131 Å². The molecular formula is C18H21ClFN. The van der Waals surface area contributed by atoms with Crippen molar-refractivity contribution in [3.05, 3.63) is 70.5 Å². The van der Waals surface area contributed by atoms with Crippen molar-refractivity contribution in [2.45, 2.75) is 32.2 Å². The second-order valence-corrected chi connectivity index (χ2v) is 5.64. The smallest absolute Gasteiger partial charge is 0.141 e. The molecule has 1 unspecified atom stereocenters. The van der Waals surface area contributed by atoms with Gasteiger partial charge < -0.3 is 5.32 Å². The van der Waals surface area contributed by atoms with E-state index in [9.17, 15) is 4.39 Å². The molecule has 0 spiro atoms. The van der Waals surface area contributed by atoms with E-state index >= 15 is 0 Å². The van der Waals surface area contributed by atoms with Crippen LogP contribution in [0, 0.1) is 5.82 Å². The number of benzene rings is 2. The highest BCUT2D eigenvalue weighted by molar-refractivity contribution is 6.30. The van der Waals surface area contributed by atoms with E-state index in [-0.39, 0.29) is 10.8 Å². The Bertz CT molecular complexity index is 556. The quantitative estimate of drug-likeness (QED) is 0.786. The van der Waals surface area contributed by atoms with Gasteiger partial charge in [-0.3, -0.25) is 0 Å². The van der Waals surface area contributed by atoms with Crippen LogP contribution >= 0.6 is 11.6 Å². The lowest BCUT2D eigenvalue weighted by Crippen LogP contribution is -2.31. The van der Waals surface area contributed by atoms with Crippen molar-refractivity contribution in [3.63, 3.8) is 0 Å². The molecule has 2 aromatic rings. The first-order valence-corrected chi connectivity index (χ1v) is 7.78. The molecular weight excluding hydrogens is 285 g/mol. The number of halogens is 2. The third-order valence-corrected chi connectivity index (χ3v) is 3.87. The van der Waals surface area contributed by atoms with Crippen molar-refractivity contribution < 1.29 is 4.39 Å². The maximum absolute atomic E-state index is 13.2. The fourth-order valence-electron chi connectivity index (χ4n) is 2.50. The summed E-state index contributed by atoms with van der Waals surface area (Å²) in [6.45, 7) is 3.03. The Kier molecular flexibility index (Phi) is 6.21. The highest BCUT2D eigenvalue weighted by Gasteiger charge is 2.10. The highest BCUT2D eigenvalue weighted by atomic mass is 35.5. The second kappa shape index (κ2) is 8.16. The molecule has 1 N–H and O–H groups in total. The average Bonchev–Trinajstić information content (AvgIpc) is 2.50. The topological polar surface area (TPSA) is 12.0 Å². The van der Waals surface area contributed by atoms with Gasteiger partial charge in [0, 0.05) is 6.04 Å². The van der Waals surface area contributed by atoms with Crippen molar-refractivity contribution in [2.24, 2.45) is 0 Å². The van der Waals surface area contributed by atoms with E-state index in [4.69, 9.17) is 11.6 Å². The molecule has 0 radical (unpaired) electrons. The zero-order valence-electron chi connectivity index (χ0n) is 12.3. The normalized spacial score (nSPS) is 12.3. The minimum absolute atomic E-state index is 0.200. The van der Waals surface area contributed by atoms with Crippen LogP contribution in [0.4, 0.5) is 4.39 Å². The van der Waals surface area contributed by atoms with Crippen LogP contribution in [0.15, 0.2) is 48.5 Å². The molecule has 0 heterocycles. The zero-order chi connectivity index (χ0) is 15.1. The van der Waals surface area contributed by atoms with Crippen LogP contribution in [0.5, 0.6) is 0 Å². The Hall–Kier alpha value is -1.38. The van der Waals surface area contributed by atoms with Crippen molar-refractivity contribution >= 4 is 11.6 Å². The first kappa shape index (κ1) is 16.0. The molecule has 2 rings (SSSR count). The molecule has 0 amide bonds. The fraction of sp³-hybridized carbons (Fsp3) is 0.333. The van der Waals surface area contributed by atoms with E-state index in [1.165, 1.54) is 11.6 Å². The van der Waals surface area contributed by atoms with E-state index in [1.54, 1.807) is 6.07 Å². The van der Waals surface area contributed by atoms with Crippen LogP contribution in [0.3, 0.4) is 0 Å². The number of hydrogen-bond donors (Lipinski definition) is 1. The van der Waals surface area contributed by atoms with Crippen molar-refractivity contribution in [1.29, 1.82) is 0 Å². The van der Waals surface area contributed by atoms with E-state index in [2.05, 4.69) is 36.5 Å². The number of nitrogens with one attached hydrogen (secondary N) is 1. The molecule has 0 aliphatic carbocycles. The maximum Gasteiger partial charge on any atom is 0.141 e. The summed E-state index contributed by atoms with van der Waals surface area (Å²) in [5, 5.41) is 3.70. The van der Waals surface area contributed by atoms with Gasteiger partial charge in [-0.1, -0.05) is 54.9 Å². The lowest BCUT2D eigenvalue weighted by molar-refractivity contribution is 0.490. The first-order chi connectivity index (χ1) is 10.2. The third kappa shape index (κ3) is 5.14. The molecule has 21 heavy (non-hydrogen) atoms. The Morgan fingerprint density at radius 1 is 1.10 bits per heavy atom. The van der Waals surface area contributed by atoms with E-state index in [0.29, 0.717) is 6.04 Å². The molecule has 0 aromatic heterocycles. The molecule has 1 nitrogen and oxygen atoms in total. The summed E-state index contributed by atoms with van der Waals surface area (Å²) in [6.07, 6.45) is 2.95. The Morgan fingerprint density at radius 3 is 2.52 bits per heavy atom. The summed E-state index contributed by atoms with van der Waals surface area (Å²) in [4.78, 5) is 0. The van der Waals surface area contributed by atoms with Crippen LogP contribution in [-0.2, 0) is 12.8 Å². The summed E-state index contributed by atoms with van der Waals surface area (Å²) >= 11 is 5.85. The molecule has 3 heteroatoms. The van der Waals surface area contributed by atoms with Crippen LogP contribution in [-0.4, -0.2) is 12.6 Å². The van der Waals surface area contributed by atoms with Gasteiger partial charge in [0.1, 0.15) is 5.82 Å². The number of aryl methyl sites for hydroxylation is 1. The van der Waals surface area contributed by atoms with Crippen LogP contribution in [0.2, 0.25) is 5.02 Å². The summed E-state index contributed by atoms with van der Waals surface area (Å²) < 4.78 is 13.2. The van der Waals surface area contributed by atoms with Crippen LogP contribution in [0.25, 0.3) is 0 Å². The SMILES string of the molecule is CCNC(CCc1ccccc1)Cc1ccc(F)c(Cl)c1. The first-order valence-electron chi connectivity index (χ1n) is 7.40. The summed E-state index contributed by atoms with van der Waals surface area (Å²) in [5.74, 6) is -0.357. The zero-order valence-corrected chi connectivity index (χ0v) is 13.0. The predicted molar refractivity (Wildman–Crippen MR) is 87.3 cm³/mol. The molecule has 112 valence electrons. The van der Waals surface area contributed by atoms with Crippen molar-refractivity contribution in [3.8, 4) is 0 Å². The van der Waals surface area contributed by atoms with Gasteiger partial charge in [0.2, 0.25) is 0 Å². The van der Waals surface area contributed by atoms with Crippen LogP contribution in [0.1, 0.15) is 24.5 Å². The summed E-state index contributed by atoms with van der Waals surface area (Å²) in [5.41, 5.74) is 2.41. The van der Waals surface area contributed by atoms with E-state index in [1.807, 2.05) is 12.1 Å². The van der Waals surface area contributed by atoms with E-state index < -0.39 is 0 Å². The molecule has 0 bridgehead atoms. The third-order valence-electron chi connectivity index (χ3n) is 3.58. The van der Waals surface area contributed by atoms with Gasteiger partial charge in [0.25, 0.3) is 0 Å². The summed E-state index contributed by atoms with van der Waals surface area (Å²) in [6, 6.07) is 15.8. The summed E-state index contributed by atoms with van der Waals surface area (Å²) in [7, 11) is 0. The molecule has 0 saturated heterocycles. The van der Waals surface area contributed by atoms with Gasteiger partial charge in [0.05, 0.1) is 5.02 Å². The Balaban J connectivity index is 1.96. The van der Waals surface area contributed by atoms with Gasteiger partial charge in [-0.05, 0) is 49.1 Å². The maximum atomic E-state index is 13.2. The minimum Gasteiger partial charge on any atom is -0.314 e. The molecule has 0 saturated carbocycles. The number of likely N-dealkylation sites (N-methyl/N-ethyl adjacent to an activating group) is 1. The monoisotopic (exact) mass is 305 g/mol. The van der Waals surface area contributed by atoms with Gasteiger partial charge in [-0.25, -0.2) is 4.39 Å². The molecule has 0 aliphatic rings. The van der Waals surface area contributed by atoms with Crippen molar-refractivity contribution in [1.82, 2.24) is 5.32 Å². The van der Waals surface area contributed by atoms with Gasteiger partial charge >= 0.3 is 0 Å². The molecule has 2 aromatic carbocycles. The second-order valence-electron chi connectivity index (χ2n) is 5.23. The molecule has 0 aliphatic heterocycles. The minimum atomic E-state index is -0.357. The Morgan fingerprint density at radius 2 is 1.86 bits per heavy atom. The van der Waals surface area contributed by atoms with E-state index in [0.717, 1.165) is 31.4 Å². The number of rotatable bonds is 7. The largest absolute Gasteiger partial charge is 0.314 e. The molecule has 1 atom stereocenters. The average molecular weight is 306 g/mol. The van der Waals surface area contributed by atoms with Gasteiger partial charge in [-0.15, -0.1) is 0 Å².